The number of nitrogens with one attached hydrogen (secondary N) is 1. The lowest BCUT2D eigenvalue weighted by molar-refractivity contribution is -0.127. The summed E-state index contributed by atoms with van der Waals surface area (Å²) in [6.07, 6.45) is 0.499. The largest absolute Gasteiger partial charge is 0.457 e. The molecule has 2 amide bonds. The van der Waals surface area contributed by atoms with Gasteiger partial charge in [-0.3, -0.25) is 10.1 Å². The second-order valence-corrected chi connectivity index (χ2v) is 9.86. The van der Waals surface area contributed by atoms with Gasteiger partial charge in [-0.15, -0.1) is 0 Å². The zero-order valence-corrected chi connectivity index (χ0v) is 21.5. The fourth-order valence-corrected chi connectivity index (χ4v) is 4.52. The van der Waals surface area contributed by atoms with E-state index in [2.05, 4.69) is 5.32 Å². The molecule has 1 unspecified atom stereocenters. The Morgan fingerprint density at radius 3 is 2.35 bits per heavy atom. The molecule has 0 spiro atoms. The fraction of sp³-hybridized carbons (Fsp3) is 0.440. The maximum Gasteiger partial charge on any atom is 0.411 e. The van der Waals surface area contributed by atoms with E-state index in [4.69, 9.17) is 9.47 Å². The lowest BCUT2D eigenvalue weighted by Crippen LogP contribution is -2.23. The fourth-order valence-electron chi connectivity index (χ4n) is 3.64. The SMILES string of the molecule is CC.CCOC(=O)Nc1cc(C2CCC(=O)N2C)c(Oc2ccc(S(=O)(=O)CC)cc2)cc1C.[HH]. The topological polar surface area (TPSA) is 102 Å². The number of ether oxygens (including phenoxy) is 2. The van der Waals surface area contributed by atoms with E-state index in [1.807, 2.05) is 20.8 Å². The molecule has 1 heterocycles. The third-order valence-electron chi connectivity index (χ3n) is 5.51. The quantitative estimate of drug-likeness (QED) is 0.531. The van der Waals surface area contributed by atoms with Crippen molar-refractivity contribution in [3.05, 3.63) is 47.5 Å². The van der Waals surface area contributed by atoms with Crippen LogP contribution in [0.5, 0.6) is 11.5 Å². The van der Waals surface area contributed by atoms with Crippen LogP contribution in [-0.4, -0.2) is 44.7 Å². The molecule has 0 bridgehead atoms. The van der Waals surface area contributed by atoms with Crippen LogP contribution in [-0.2, 0) is 19.4 Å². The average molecular weight is 493 g/mol. The minimum Gasteiger partial charge on any atom is -0.457 e. The summed E-state index contributed by atoms with van der Waals surface area (Å²) in [5.41, 5.74) is 2.08. The smallest absolute Gasteiger partial charge is 0.411 e. The van der Waals surface area contributed by atoms with Crippen LogP contribution in [0.3, 0.4) is 0 Å². The van der Waals surface area contributed by atoms with Crippen molar-refractivity contribution >= 4 is 27.5 Å². The zero-order chi connectivity index (χ0) is 25.5. The van der Waals surface area contributed by atoms with Gasteiger partial charge in [0.25, 0.3) is 0 Å². The number of hydrogen-bond acceptors (Lipinski definition) is 6. The molecule has 1 aliphatic rings. The number of nitrogens with zero attached hydrogens (tertiary/aromatic N) is 1. The van der Waals surface area contributed by atoms with Gasteiger partial charge in [-0.2, -0.15) is 0 Å². The van der Waals surface area contributed by atoms with Crippen LogP contribution in [0.4, 0.5) is 10.5 Å². The van der Waals surface area contributed by atoms with Crippen LogP contribution in [0.1, 0.15) is 59.1 Å². The Labute approximate surface area is 203 Å². The van der Waals surface area contributed by atoms with E-state index in [0.717, 1.165) is 11.1 Å². The Balaban J connectivity index is 0.00000199. The Hall–Kier alpha value is -3.07. The zero-order valence-electron chi connectivity index (χ0n) is 20.7. The van der Waals surface area contributed by atoms with E-state index in [0.29, 0.717) is 30.0 Å². The molecule has 34 heavy (non-hydrogen) atoms. The van der Waals surface area contributed by atoms with Gasteiger partial charge in [0.2, 0.25) is 5.91 Å². The first-order valence-corrected chi connectivity index (χ1v) is 13.2. The monoisotopic (exact) mass is 492 g/mol. The number of sulfone groups is 1. The highest BCUT2D eigenvalue weighted by Gasteiger charge is 2.32. The Bertz CT molecular complexity index is 1120. The summed E-state index contributed by atoms with van der Waals surface area (Å²) >= 11 is 0. The standard InChI is InChI=1S/C23H28N2O6S.C2H6.H2/c1-5-30-23(27)24-19-14-18(20-11-12-22(26)25(20)4)21(13-15(19)3)31-16-7-9-17(10-8-16)32(28,29)6-2;1-2;/h7-10,13-14,20H,5-6,11-12H2,1-4H3,(H,24,27);1-2H3;1H. The molecule has 1 saturated heterocycles. The number of carbonyl (C=O) groups is 2. The molecule has 0 aromatic heterocycles. The van der Waals surface area contributed by atoms with Gasteiger partial charge in [0.05, 0.1) is 23.3 Å². The van der Waals surface area contributed by atoms with Gasteiger partial charge < -0.3 is 14.4 Å². The Morgan fingerprint density at radius 1 is 1.18 bits per heavy atom. The molecule has 1 N–H and O–H groups in total. The molecule has 1 aliphatic heterocycles. The van der Waals surface area contributed by atoms with Gasteiger partial charge in [-0.05, 0) is 62.2 Å². The van der Waals surface area contributed by atoms with Crippen LogP contribution in [0.15, 0.2) is 41.3 Å². The number of benzene rings is 2. The van der Waals surface area contributed by atoms with Crippen molar-refractivity contribution in [1.29, 1.82) is 0 Å². The Morgan fingerprint density at radius 2 is 1.82 bits per heavy atom. The normalized spacial score (nSPS) is 15.4. The van der Waals surface area contributed by atoms with Crippen molar-refractivity contribution in [3.63, 3.8) is 0 Å². The number of amides is 2. The Kier molecular flexibility index (Phi) is 9.49. The highest BCUT2D eigenvalue weighted by atomic mass is 32.2. The predicted octanol–water partition coefficient (Wildman–Crippen LogP) is 5.71. The van der Waals surface area contributed by atoms with Gasteiger partial charge in [0, 0.05) is 26.1 Å². The minimum absolute atomic E-state index is 0. The lowest BCUT2D eigenvalue weighted by Gasteiger charge is -2.24. The maximum atomic E-state index is 12.1. The second kappa shape index (κ2) is 11.9. The molecular formula is C25H36N2O6S. The second-order valence-electron chi connectivity index (χ2n) is 7.59. The predicted molar refractivity (Wildman–Crippen MR) is 134 cm³/mol. The van der Waals surface area contributed by atoms with Crippen molar-refractivity contribution in [2.75, 3.05) is 24.7 Å². The molecule has 188 valence electrons. The summed E-state index contributed by atoms with van der Waals surface area (Å²) in [7, 11) is -1.56. The molecule has 0 radical (unpaired) electrons. The van der Waals surface area contributed by atoms with Crippen molar-refractivity contribution in [3.8, 4) is 11.5 Å². The first-order chi connectivity index (χ1) is 16.2. The van der Waals surface area contributed by atoms with Crippen LogP contribution in [0.2, 0.25) is 0 Å². The molecule has 1 atom stereocenters. The molecule has 0 aliphatic carbocycles. The average Bonchev–Trinajstić information content (AvgIpc) is 3.15. The third-order valence-corrected chi connectivity index (χ3v) is 7.26. The van der Waals surface area contributed by atoms with Crippen LogP contribution in [0, 0.1) is 6.92 Å². The number of aryl methyl sites for hydroxylation is 1. The molecule has 3 rings (SSSR count). The third kappa shape index (κ3) is 6.28. The number of carbonyl (C=O) groups excluding carboxylic acids is 2. The summed E-state index contributed by atoms with van der Waals surface area (Å²) in [6, 6.07) is 9.64. The van der Waals surface area contributed by atoms with E-state index in [-0.39, 0.29) is 30.6 Å². The molecule has 0 saturated carbocycles. The first kappa shape index (κ1) is 27.2. The lowest BCUT2D eigenvalue weighted by atomic mass is 10.00. The number of likely N-dealkylation sites (tertiary alicyclic amines) is 1. The van der Waals surface area contributed by atoms with Crippen molar-refractivity contribution in [2.45, 2.75) is 58.4 Å². The summed E-state index contributed by atoms with van der Waals surface area (Å²) < 4.78 is 35.2. The molecule has 9 heteroatoms. The van der Waals surface area contributed by atoms with E-state index < -0.39 is 15.9 Å². The van der Waals surface area contributed by atoms with E-state index in [9.17, 15) is 18.0 Å². The first-order valence-electron chi connectivity index (χ1n) is 11.5. The number of hydrogen-bond donors (Lipinski definition) is 1. The van der Waals surface area contributed by atoms with Crippen LogP contribution < -0.4 is 10.1 Å². The maximum absolute atomic E-state index is 12.1. The van der Waals surface area contributed by atoms with Gasteiger partial charge in [0.1, 0.15) is 11.5 Å². The summed E-state index contributed by atoms with van der Waals surface area (Å²) in [5.74, 6) is 1.07. The van der Waals surface area contributed by atoms with E-state index in [1.54, 1.807) is 50.1 Å². The van der Waals surface area contributed by atoms with Gasteiger partial charge in [0.15, 0.2) is 9.84 Å². The van der Waals surface area contributed by atoms with Crippen molar-refractivity contribution < 1.29 is 28.9 Å². The molecule has 2 aromatic rings. The molecule has 8 nitrogen and oxygen atoms in total. The molecule has 1 fully saturated rings. The van der Waals surface area contributed by atoms with E-state index in [1.165, 1.54) is 12.1 Å². The highest BCUT2D eigenvalue weighted by molar-refractivity contribution is 7.91. The van der Waals surface area contributed by atoms with Gasteiger partial charge in [-0.1, -0.05) is 20.8 Å². The van der Waals surface area contributed by atoms with Crippen molar-refractivity contribution in [2.24, 2.45) is 0 Å². The van der Waals surface area contributed by atoms with Crippen molar-refractivity contribution in [1.82, 2.24) is 4.90 Å². The number of anilines is 1. The van der Waals surface area contributed by atoms with Gasteiger partial charge >= 0.3 is 6.09 Å². The van der Waals surface area contributed by atoms with Crippen LogP contribution in [0.25, 0.3) is 0 Å². The molecular weight excluding hydrogens is 456 g/mol. The summed E-state index contributed by atoms with van der Waals surface area (Å²) in [5, 5.41) is 2.74. The highest BCUT2D eigenvalue weighted by Crippen LogP contribution is 2.41. The van der Waals surface area contributed by atoms with E-state index >= 15 is 0 Å². The number of rotatable bonds is 7. The minimum atomic E-state index is -3.30. The molecule has 2 aromatic carbocycles. The van der Waals surface area contributed by atoms with Gasteiger partial charge in [-0.25, -0.2) is 13.2 Å². The summed E-state index contributed by atoms with van der Waals surface area (Å²) in [4.78, 5) is 26.0. The van der Waals surface area contributed by atoms with Crippen LogP contribution >= 0.6 is 0 Å². The summed E-state index contributed by atoms with van der Waals surface area (Å²) in [6.45, 7) is 9.41.